The molecule has 19 heavy (non-hydrogen) atoms. The first-order chi connectivity index (χ1) is 9.10. The van der Waals surface area contributed by atoms with Crippen LogP contribution in [0.1, 0.15) is 30.6 Å². The molecular weight excluding hydrogens is 300 g/mol. The van der Waals surface area contributed by atoms with Crippen LogP contribution in [0.15, 0.2) is 16.3 Å². The molecule has 1 aromatic rings. The molecule has 7 heteroatoms. The van der Waals surface area contributed by atoms with Crippen LogP contribution in [0.5, 0.6) is 0 Å². The van der Waals surface area contributed by atoms with Crippen molar-refractivity contribution in [1.29, 1.82) is 0 Å². The third-order valence-corrected chi connectivity index (χ3v) is 5.95. The second kappa shape index (κ2) is 8.97. The largest absolute Gasteiger partial charge is 0.326 e. The number of thioether (sulfide) groups is 1. The smallest absolute Gasteiger partial charge is 0.241 e. The van der Waals surface area contributed by atoms with Crippen molar-refractivity contribution in [3.63, 3.8) is 0 Å². The summed E-state index contributed by atoms with van der Waals surface area (Å²) in [5.41, 5.74) is 5.48. The Hall–Kier alpha value is -0.0800. The van der Waals surface area contributed by atoms with E-state index in [1.807, 2.05) is 11.8 Å². The Labute approximate surface area is 124 Å². The van der Waals surface area contributed by atoms with E-state index in [1.54, 1.807) is 11.4 Å². The first-order valence-electron chi connectivity index (χ1n) is 6.36. The van der Waals surface area contributed by atoms with Crippen molar-refractivity contribution >= 4 is 33.1 Å². The zero-order valence-electron chi connectivity index (χ0n) is 11.2. The van der Waals surface area contributed by atoms with Gasteiger partial charge in [-0.15, -0.1) is 11.3 Å². The van der Waals surface area contributed by atoms with Crippen LogP contribution in [-0.2, 0) is 16.6 Å². The molecule has 0 aliphatic rings. The lowest BCUT2D eigenvalue weighted by atomic mass is 10.2. The van der Waals surface area contributed by atoms with Gasteiger partial charge in [0, 0.05) is 23.3 Å². The van der Waals surface area contributed by atoms with Gasteiger partial charge in [-0.1, -0.05) is 12.8 Å². The van der Waals surface area contributed by atoms with Crippen molar-refractivity contribution in [2.24, 2.45) is 5.73 Å². The molecule has 0 amide bonds. The first kappa shape index (κ1) is 17.0. The van der Waals surface area contributed by atoms with Crippen LogP contribution in [0, 0.1) is 0 Å². The number of rotatable bonds is 10. The highest BCUT2D eigenvalue weighted by molar-refractivity contribution is 7.98. The lowest BCUT2D eigenvalue weighted by Crippen LogP contribution is -2.24. The Kier molecular flexibility index (Phi) is 8.01. The van der Waals surface area contributed by atoms with E-state index in [-0.39, 0.29) is 0 Å². The summed E-state index contributed by atoms with van der Waals surface area (Å²) in [4.78, 5) is 1.22. The molecule has 1 rings (SSSR count). The molecule has 0 unspecified atom stereocenters. The van der Waals surface area contributed by atoms with Crippen LogP contribution >= 0.6 is 23.1 Å². The Morgan fingerprint density at radius 3 is 2.68 bits per heavy atom. The molecular formula is C12H22N2O2S3. The highest BCUT2D eigenvalue weighted by Gasteiger charge is 2.14. The van der Waals surface area contributed by atoms with Gasteiger partial charge in [0.2, 0.25) is 10.0 Å². The van der Waals surface area contributed by atoms with Gasteiger partial charge in [-0.05, 0) is 30.9 Å². The van der Waals surface area contributed by atoms with Crippen LogP contribution in [-0.4, -0.2) is 27.0 Å². The summed E-state index contributed by atoms with van der Waals surface area (Å²) < 4.78 is 26.5. The predicted octanol–water partition coefficient (Wildman–Crippen LogP) is 2.41. The molecule has 0 radical (unpaired) electrons. The Bertz CT molecular complexity index is 457. The van der Waals surface area contributed by atoms with Gasteiger partial charge in [0.05, 0.1) is 4.90 Å². The predicted molar refractivity (Wildman–Crippen MR) is 84.2 cm³/mol. The number of unbranched alkanes of at least 4 members (excludes halogenated alkanes) is 3. The van der Waals surface area contributed by atoms with Crippen LogP contribution in [0.25, 0.3) is 0 Å². The number of nitrogens with two attached hydrogens (primary N) is 1. The first-order valence-corrected chi connectivity index (χ1v) is 10.1. The summed E-state index contributed by atoms with van der Waals surface area (Å²) in [6, 6.07) is 1.64. The zero-order chi connectivity index (χ0) is 14.1. The molecule has 110 valence electrons. The van der Waals surface area contributed by atoms with E-state index in [2.05, 4.69) is 11.0 Å². The lowest BCUT2D eigenvalue weighted by molar-refractivity contribution is 0.574. The zero-order valence-corrected chi connectivity index (χ0v) is 13.7. The molecule has 0 atom stereocenters. The molecule has 1 aromatic heterocycles. The number of hydrogen-bond donors (Lipinski definition) is 2. The fraction of sp³-hybridized carbons (Fsp3) is 0.667. The lowest BCUT2D eigenvalue weighted by Gasteiger charge is -2.04. The van der Waals surface area contributed by atoms with Gasteiger partial charge in [-0.25, -0.2) is 13.1 Å². The molecule has 0 aliphatic heterocycles. The summed E-state index contributed by atoms with van der Waals surface area (Å²) in [6.45, 7) is 0.894. The summed E-state index contributed by atoms with van der Waals surface area (Å²) in [5.74, 6) is 1.18. The minimum absolute atomic E-state index is 0.334. The van der Waals surface area contributed by atoms with Gasteiger partial charge in [0.25, 0.3) is 0 Å². The molecule has 0 spiro atoms. The van der Waals surface area contributed by atoms with Gasteiger partial charge in [-0.2, -0.15) is 11.8 Å². The molecule has 0 bridgehead atoms. The fourth-order valence-electron chi connectivity index (χ4n) is 1.62. The van der Waals surface area contributed by atoms with E-state index in [0.29, 0.717) is 18.0 Å². The average molecular weight is 323 g/mol. The van der Waals surface area contributed by atoms with Crippen molar-refractivity contribution < 1.29 is 8.42 Å². The molecule has 4 nitrogen and oxygen atoms in total. The van der Waals surface area contributed by atoms with E-state index >= 15 is 0 Å². The topological polar surface area (TPSA) is 72.2 Å². The standard InChI is InChI=1S/C12H22N2O2S3/c1-17-7-5-3-2-4-6-14-19(15,16)12-8-11(9-13)18-10-12/h8,10,14H,2-7,9,13H2,1H3. The van der Waals surface area contributed by atoms with Crippen LogP contribution in [0.4, 0.5) is 0 Å². The van der Waals surface area contributed by atoms with E-state index in [9.17, 15) is 8.42 Å². The van der Waals surface area contributed by atoms with Crippen LogP contribution in [0.2, 0.25) is 0 Å². The van der Waals surface area contributed by atoms with Crippen LogP contribution in [0.3, 0.4) is 0 Å². The van der Waals surface area contributed by atoms with E-state index < -0.39 is 10.0 Å². The molecule has 0 fully saturated rings. The highest BCUT2D eigenvalue weighted by atomic mass is 32.2. The monoisotopic (exact) mass is 322 g/mol. The van der Waals surface area contributed by atoms with Crippen molar-refractivity contribution in [1.82, 2.24) is 4.72 Å². The SMILES string of the molecule is CSCCCCCCNS(=O)(=O)c1csc(CN)c1. The molecule has 1 heterocycles. The van der Waals surface area contributed by atoms with Gasteiger partial charge >= 0.3 is 0 Å². The minimum Gasteiger partial charge on any atom is -0.326 e. The van der Waals surface area contributed by atoms with Gasteiger partial charge in [0.15, 0.2) is 0 Å². The third kappa shape index (κ3) is 6.27. The van der Waals surface area contributed by atoms with E-state index in [0.717, 1.165) is 17.7 Å². The summed E-state index contributed by atoms with van der Waals surface area (Å²) in [6.07, 6.45) is 6.43. The second-order valence-electron chi connectivity index (χ2n) is 4.26. The quantitative estimate of drug-likeness (QED) is 0.649. The fourth-order valence-corrected chi connectivity index (χ4v) is 4.35. The van der Waals surface area contributed by atoms with Crippen molar-refractivity contribution in [3.05, 3.63) is 16.3 Å². The summed E-state index contributed by atoms with van der Waals surface area (Å²) in [7, 11) is -3.35. The Morgan fingerprint density at radius 2 is 2.05 bits per heavy atom. The molecule has 3 N–H and O–H groups in total. The van der Waals surface area contributed by atoms with Crippen molar-refractivity contribution in [2.75, 3.05) is 18.6 Å². The molecule has 0 saturated heterocycles. The maximum Gasteiger partial charge on any atom is 0.241 e. The molecule has 0 aliphatic carbocycles. The average Bonchev–Trinajstić information content (AvgIpc) is 2.87. The summed E-state index contributed by atoms with van der Waals surface area (Å²) in [5, 5.41) is 1.64. The maximum atomic E-state index is 11.9. The Morgan fingerprint density at radius 1 is 1.32 bits per heavy atom. The molecule has 0 aromatic carbocycles. The van der Waals surface area contributed by atoms with Crippen LogP contribution < -0.4 is 10.5 Å². The molecule has 0 saturated carbocycles. The minimum atomic E-state index is -3.35. The number of sulfonamides is 1. The van der Waals surface area contributed by atoms with Gasteiger partial charge in [-0.3, -0.25) is 0 Å². The third-order valence-electron chi connectivity index (χ3n) is 2.71. The van der Waals surface area contributed by atoms with Gasteiger partial charge < -0.3 is 5.73 Å². The van der Waals surface area contributed by atoms with Crippen molar-refractivity contribution in [2.45, 2.75) is 37.1 Å². The van der Waals surface area contributed by atoms with E-state index in [4.69, 9.17) is 5.73 Å². The highest BCUT2D eigenvalue weighted by Crippen LogP contribution is 2.18. The normalized spacial score (nSPS) is 11.9. The second-order valence-corrected chi connectivity index (χ2v) is 8.01. The summed E-state index contributed by atoms with van der Waals surface area (Å²) >= 11 is 3.23. The maximum absolute atomic E-state index is 11.9. The van der Waals surface area contributed by atoms with Gasteiger partial charge in [0.1, 0.15) is 0 Å². The Balaban J connectivity index is 2.27. The van der Waals surface area contributed by atoms with Crippen molar-refractivity contribution in [3.8, 4) is 0 Å². The number of thiophene rings is 1. The number of nitrogens with one attached hydrogen (secondary N) is 1. The van der Waals surface area contributed by atoms with E-state index in [1.165, 1.54) is 29.9 Å². The number of hydrogen-bond acceptors (Lipinski definition) is 5.